The lowest BCUT2D eigenvalue weighted by Gasteiger charge is -2.30. The van der Waals surface area contributed by atoms with Crippen LogP contribution in [0, 0.1) is 5.92 Å². The summed E-state index contributed by atoms with van der Waals surface area (Å²) in [4.78, 5) is 8.41. The van der Waals surface area contributed by atoms with Crippen molar-refractivity contribution in [2.45, 2.75) is 26.4 Å². The molecule has 0 saturated carbocycles. The fourth-order valence-corrected chi connectivity index (χ4v) is 2.65. The van der Waals surface area contributed by atoms with Gasteiger partial charge in [-0.3, -0.25) is 0 Å². The first kappa shape index (κ1) is 11.0. The van der Waals surface area contributed by atoms with Crippen molar-refractivity contribution in [2.75, 3.05) is 6.54 Å². The monoisotopic (exact) mass is 250 g/mol. The molecule has 3 heterocycles. The molecule has 2 aromatic rings. The summed E-state index contributed by atoms with van der Waals surface area (Å²) in [7, 11) is 0. The van der Waals surface area contributed by atoms with Gasteiger partial charge in [-0.2, -0.15) is 4.98 Å². The molecule has 1 atom stereocenters. The Balaban J connectivity index is 2.25. The highest BCUT2D eigenvalue weighted by Crippen LogP contribution is 2.29. The summed E-state index contributed by atoms with van der Waals surface area (Å²) in [6.07, 6.45) is 1.80. The zero-order chi connectivity index (χ0) is 12.0. The van der Waals surface area contributed by atoms with Crippen LogP contribution in [0.1, 0.15) is 25.6 Å². The van der Waals surface area contributed by atoms with Crippen molar-refractivity contribution < 1.29 is 0 Å². The number of nitrogens with one attached hydrogen (secondary N) is 1. The highest BCUT2D eigenvalue weighted by atomic mass is 35.5. The number of hydrogen-bond donors (Lipinski definition) is 1. The summed E-state index contributed by atoms with van der Waals surface area (Å²) < 4.78 is 2.31. The molecule has 0 radical (unpaired) electrons. The molecular weight excluding hydrogens is 236 g/mol. The summed E-state index contributed by atoms with van der Waals surface area (Å²) in [5.74, 6) is 0.561. The average Bonchev–Trinajstić information content (AvgIpc) is 2.66. The Bertz CT molecular complexity index is 561. The van der Waals surface area contributed by atoms with Crippen LogP contribution in [0.5, 0.6) is 0 Å². The number of halogens is 1. The van der Waals surface area contributed by atoms with Crippen LogP contribution in [-0.2, 0) is 6.54 Å². The molecular formula is C12H15ClN4. The van der Waals surface area contributed by atoms with E-state index in [9.17, 15) is 0 Å². The molecule has 0 spiro atoms. The minimum atomic E-state index is 0.319. The zero-order valence-electron chi connectivity index (χ0n) is 9.94. The second-order valence-electron chi connectivity index (χ2n) is 4.87. The highest BCUT2D eigenvalue weighted by Gasteiger charge is 2.25. The van der Waals surface area contributed by atoms with Gasteiger partial charge in [-0.1, -0.05) is 13.8 Å². The fraction of sp³-hybridized carbons (Fsp3) is 0.500. The van der Waals surface area contributed by atoms with Crippen LogP contribution in [0.25, 0.3) is 11.0 Å². The number of rotatable bonds is 1. The van der Waals surface area contributed by atoms with Crippen molar-refractivity contribution in [2.24, 2.45) is 5.92 Å². The lowest BCUT2D eigenvalue weighted by molar-refractivity contribution is 0.325. The van der Waals surface area contributed by atoms with Crippen LogP contribution in [0.2, 0.25) is 5.28 Å². The third-order valence-corrected chi connectivity index (χ3v) is 3.57. The van der Waals surface area contributed by atoms with Gasteiger partial charge < -0.3 is 9.88 Å². The molecule has 17 heavy (non-hydrogen) atoms. The maximum absolute atomic E-state index is 5.89. The predicted octanol–water partition coefficient (Wildman–Crippen LogP) is 2.39. The minimum Gasteiger partial charge on any atom is -0.324 e. The predicted molar refractivity (Wildman–Crippen MR) is 68.1 cm³/mol. The molecule has 0 aliphatic carbocycles. The molecule has 1 aliphatic heterocycles. The molecule has 0 amide bonds. The van der Waals surface area contributed by atoms with Crippen LogP contribution in [-0.4, -0.2) is 21.1 Å². The smallest absolute Gasteiger partial charge is 0.224 e. The molecule has 0 fully saturated rings. The maximum Gasteiger partial charge on any atom is 0.224 e. The van der Waals surface area contributed by atoms with Crippen molar-refractivity contribution in [3.05, 3.63) is 23.2 Å². The third kappa shape index (κ3) is 1.72. The molecule has 4 nitrogen and oxygen atoms in total. The largest absolute Gasteiger partial charge is 0.324 e. The summed E-state index contributed by atoms with van der Waals surface area (Å²) in [6.45, 7) is 6.33. The standard InChI is InChI=1S/C12H15ClN4/c1-7(2)10-6-14-5-9-3-8-4-15-12(13)16-11(8)17(9)10/h3-4,7,10,14H,5-6H2,1-2H3/t10-/m0/s1. The second-order valence-corrected chi connectivity index (χ2v) is 5.20. The number of nitrogens with zero attached hydrogens (tertiary/aromatic N) is 3. The average molecular weight is 251 g/mol. The van der Waals surface area contributed by atoms with Crippen molar-refractivity contribution in [3.8, 4) is 0 Å². The number of hydrogen-bond acceptors (Lipinski definition) is 3. The normalized spacial score (nSPS) is 19.9. The summed E-state index contributed by atoms with van der Waals surface area (Å²) >= 11 is 5.89. The van der Waals surface area contributed by atoms with E-state index < -0.39 is 0 Å². The molecule has 90 valence electrons. The molecule has 0 aromatic carbocycles. The Kier molecular flexibility index (Phi) is 2.56. The fourth-order valence-electron chi connectivity index (χ4n) is 2.52. The lowest BCUT2D eigenvalue weighted by Crippen LogP contribution is -2.35. The van der Waals surface area contributed by atoms with Gasteiger partial charge in [0.15, 0.2) is 0 Å². The molecule has 0 saturated heterocycles. The van der Waals surface area contributed by atoms with Gasteiger partial charge in [0.1, 0.15) is 5.65 Å². The Hall–Kier alpha value is -1.13. The molecule has 0 bridgehead atoms. The van der Waals surface area contributed by atoms with Gasteiger partial charge in [0.25, 0.3) is 0 Å². The van der Waals surface area contributed by atoms with Crippen LogP contribution >= 0.6 is 11.6 Å². The maximum atomic E-state index is 5.89. The van der Waals surface area contributed by atoms with Gasteiger partial charge >= 0.3 is 0 Å². The van der Waals surface area contributed by atoms with E-state index in [-0.39, 0.29) is 0 Å². The summed E-state index contributed by atoms with van der Waals surface area (Å²) in [5.41, 5.74) is 2.22. The van der Waals surface area contributed by atoms with Crippen molar-refractivity contribution in [1.82, 2.24) is 19.9 Å². The number of fused-ring (bicyclic) bond motifs is 3. The zero-order valence-corrected chi connectivity index (χ0v) is 10.7. The first-order chi connectivity index (χ1) is 8.16. The van der Waals surface area contributed by atoms with Crippen molar-refractivity contribution >= 4 is 22.6 Å². The van der Waals surface area contributed by atoms with Gasteiger partial charge in [-0.05, 0) is 23.6 Å². The van der Waals surface area contributed by atoms with Gasteiger partial charge in [-0.15, -0.1) is 0 Å². The Morgan fingerprint density at radius 2 is 2.35 bits per heavy atom. The van der Waals surface area contributed by atoms with Crippen molar-refractivity contribution in [1.29, 1.82) is 0 Å². The molecule has 5 heteroatoms. The highest BCUT2D eigenvalue weighted by molar-refractivity contribution is 6.28. The quantitative estimate of drug-likeness (QED) is 0.791. The topological polar surface area (TPSA) is 42.7 Å². The van der Waals surface area contributed by atoms with E-state index >= 15 is 0 Å². The molecule has 0 unspecified atom stereocenters. The SMILES string of the molecule is CC(C)[C@@H]1CNCc2cc3cnc(Cl)nc3n21. The van der Waals surface area contributed by atoms with Gasteiger partial charge in [0.05, 0.1) is 6.04 Å². The Morgan fingerprint density at radius 3 is 3.12 bits per heavy atom. The van der Waals surface area contributed by atoms with Crippen molar-refractivity contribution in [3.63, 3.8) is 0 Å². The first-order valence-electron chi connectivity index (χ1n) is 5.90. The van der Waals surface area contributed by atoms with E-state index in [0.29, 0.717) is 17.2 Å². The third-order valence-electron chi connectivity index (χ3n) is 3.39. The second kappa shape index (κ2) is 3.96. The first-order valence-corrected chi connectivity index (χ1v) is 6.27. The van der Waals surface area contributed by atoms with E-state index in [0.717, 1.165) is 24.1 Å². The van der Waals surface area contributed by atoms with E-state index in [4.69, 9.17) is 11.6 Å². The Labute approximate surface area is 105 Å². The van der Waals surface area contributed by atoms with Crippen LogP contribution in [0.4, 0.5) is 0 Å². The summed E-state index contributed by atoms with van der Waals surface area (Å²) in [6, 6.07) is 2.58. The van der Waals surface area contributed by atoms with Crippen LogP contribution in [0.15, 0.2) is 12.3 Å². The lowest BCUT2D eigenvalue weighted by atomic mass is 10.0. The minimum absolute atomic E-state index is 0.319. The van der Waals surface area contributed by atoms with E-state index in [1.54, 1.807) is 6.20 Å². The molecule has 3 rings (SSSR count). The van der Waals surface area contributed by atoms with Gasteiger partial charge in [0, 0.05) is 30.4 Å². The Morgan fingerprint density at radius 1 is 1.53 bits per heavy atom. The van der Waals surface area contributed by atoms with Crippen LogP contribution < -0.4 is 5.32 Å². The molecule has 1 N–H and O–H groups in total. The van der Waals surface area contributed by atoms with E-state index in [1.165, 1.54) is 5.69 Å². The van der Waals surface area contributed by atoms with Gasteiger partial charge in [-0.25, -0.2) is 4.98 Å². The van der Waals surface area contributed by atoms with Crippen LogP contribution in [0.3, 0.4) is 0 Å². The van der Waals surface area contributed by atoms with Gasteiger partial charge in [0.2, 0.25) is 5.28 Å². The van der Waals surface area contributed by atoms with E-state index in [2.05, 4.69) is 39.8 Å². The molecule has 2 aromatic heterocycles. The molecule has 1 aliphatic rings. The number of aromatic nitrogens is 3. The van der Waals surface area contributed by atoms with E-state index in [1.807, 2.05) is 0 Å². The summed E-state index contributed by atoms with van der Waals surface area (Å²) in [5, 5.41) is 4.83.